The van der Waals surface area contributed by atoms with E-state index in [0.717, 1.165) is 12.0 Å². The van der Waals surface area contributed by atoms with E-state index in [2.05, 4.69) is 10.3 Å². The molecule has 0 saturated carbocycles. The van der Waals surface area contributed by atoms with E-state index in [1.807, 2.05) is 17.0 Å². The minimum absolute atomic E-state index is 0.0231. The van der Waals surface area contributed by atoms with Gasteiger partial charge in [-0.3, -0.25) is 4.98 Å². The number of nitrogens with zero attached hydrogens (tertiary/aromatic N) is 2. The van der Waals surface area contributed by atoms with Crippen molar-refractivity contribution in [1.29, 1.82) is 0 Å². The summed E-state index contributed by atoms with van der Waals surface area (Å²) in [6.07, 6.45) is 0.0506. The summed E-state index contributed by atoms with van der Waals surface area (Å²) in [6, 6.07) is 3.80. The molecule has 1 aliphatic heterocycles. The van der Waals surface area contributed by atoms with Gasteiger partial charge in [-0.2, -0.15) is 13.2 Å². The van der Waals surface area contributed by atoms with Crippen molar-refractivity contribution >= 4 is 0 Å². The van der Waals surface area contributed by atoms with Crippen molar-refractivity contribution in [3.05, 3.63) is 30.1 Å². The third kappa shape index (κ3) is 4.47. The van der Waals surface area contributed by atoms with Gasteiger partial charge in [0, 0.05) is 45.1 Å². The van der Waals surface area contributed by atoms with Crippen LogP contribution < -0.4 is 5.32 Å². The second-order valence-corrected chi connectivity index (χ2v) is 4.85. The highest BCUT2D eigenvalue weighted by Crippen LogP contribution is 2.27. The van der Waals surface area contributed by atoms with Gasteiger partial charge in [0.25, 0.3) is 0 Å². The minimum atomic E-state index is -4.12. The third-order valence-corrected chi connectivity index (χ3v) is 3.40. The number of nitrogens with one attached hydrogen (secondary N) is 1. The molecular formula is C13H18F3N3. The van der Waals surface area contributed by atoms with Gasteiger partial charge in [0.05, 0.1) is 5.92 Å². The highest BCUT2D eigenvalue weighted by atomic mass is 19.4. The number of hydrogen-bond donors (Lipinski definition) is 1. The van der Waals surface area contributed by atoms with Crippen molar-refractivity contribution in [3.8, 4) is 0 Å². The molecule has 0 bridgehead atoms. The molecule has 1 saturated heterocycles. The van der Waals surface area contributed by atoms with Gasteiger partial charge in [-0.25, -0.2) is 0 Å². The SMILES string of the molecule is FC(F)(F)C1CNCCN(CCc2ccncc2)C1. The zero-order valence-corrected chi connectivity index (χ0v) is 10.7. The molecule has 1 atom stereocenters. The van der Waals surface area contributed by atoms with Gasteiger partial charge in [-0.15, -0.1) is 0 Å². The number of hydrogen-bond acceptors (Lipinski definition) is 3. The zero-order valence-electron chi connectivity index (χ0n) is 10.7. The van der Waals surface area contributed by atoms with Gasteiger partial charge in [0.2, 0.25) is 0 Å². The largest absolute Gasteiger partial charge is 0.394 e. The Bertz CT molecular complexity index is 380. The Balaban J connectivity index is 1.88. The number of rotatable bonds is 3. The smallest absolute Gasteiger partial charge is 0.315 e. The van der Waals surface area contributed by atoms with Gasteiger partial charge in [0.15, 0.2) is 0 Å². The van der Waals surface area contributed by atoms with Crippen molar-refractivity contribution in [2.75, 3.05) is 32.7 Å². The predicted molar refractivity (Wildman–Crippen MR) is 66.8 cm³/mol. The number of aromatic nitrogens is 1. The first-order valence-electron chi connectivity index (χ1n) is 6.44. The third-order valence-electron chi connectivity index (χ3n) is 3.40. The molecule has 0 aromatic carbocycles. The topological polar surface area (TPSA) is 28.2 Å². The summed E-state index contributed by atoms with van der Waals surface area (Å²) in [5.41, 5.74) is 1.11. The van der Waals surface area contributed by atoms with Gasteiger partial charge < -0.3 is 10.2 Å². The Labute approximate surface area is 110 Å². The van der Waals surface area contributed by atoms with Crippen LogP contribution in [0.4, 0.5) is 13.2 Å². The lowest BCUT2D eigenvalue weighted by Crippen LogP contribution is -2.38. The molecule has 1 aromatic rings. The average molecular weight is 273 g/mol. The lowest BCUT2D eigenvalue weighted by molar-refractivity contribution is -0.175. The van der Waals surface area contributed by atoms with E-state index in [4.69, 9.17) is 0 Å². The molecule has 1 aliphatic rings. The molecule has 1 unspecified atom stereocenters. The Morgan fingerprint density at radius 1 is 1.32 bits per heavy atom. The maximum atomic E-state index is 12.8. The Morgan fingerprint density at radius 2 is 2.05 bits per heavy atom. The molecular weight excluding hydrogens is 255 g/mol. The van der Waals surface area contributed by atoms with E-state index in [-0.39, 0.29) is 13.1 Å². The van der Waals surface area contributed by atoms with Crippen LogP contribution in [0.1, 0.15) is 5.56 Å². The molecule has 2 heterocycles. The van der Waals surface area contributed by atoms with E-state index < -0.39 is 12.1 Å². The maximum Gasteiger partial charge on any atom is 0.394 e. The lowest BCUT2D eigenvalue weighted by atomic mass is 10.1. The predicted octanol–water partition coefficient (Wildman–Crippen LogP) is 1.71. The number of halogens is 3. The van der Waals surface area contributed by atoms with Crippen LogP contribution in [0.5, 0.6) is 0 Å². The van der Waals surface area contributed by atoms with Crippen LogP contribution in [-0.2, 0) is 6.42 Å². The monoisotopic (exact) mass is 273 g/mol. The summed E-state index contributed by atoms with van der Waals surface area (Å²) in [7, 11) is 0. The van der Waals surface area contributed by atoms with Gasteiger partial charge in [-0.1, -0.05) is 0 Å². The number of pyridine rings is 1. The van der Waals surface area contributed by atoms with Crippen LogP contribution in [-0.4, -0.2) is 48.8 Å². The summed E-state index contributed by atoms with van der Waals surface area (Å²) >= 11 is 0. The lowest BCUT2D eigenvalue weighted by Gasteiger charge is -2.25. The van der Waals surface area contributed by atoms with Crippen molar-refractivity contribution in [2.24, 2.45) is 5.92 Å². The van der Waals surface area contributed by atoms with E-state index >= 15 is 0 Å². The molecule has 1 aromatic heterocycles. The highest BCUT2D eigenvalue weighted by Gasteiger charge is 2.40. The normalized spacial score (nSPS) is 22.2. The van der Waals surface area contributed by atoms with Crippen LogP contribution in [0.2, 0.25) is 0 Å². The molecule has 0 amide bonds. The molecule has 0 aliphatic carbocycles. The van der Waals surface area contributed by atoms with Crippen molar-refractivity contribution in [3.63, 3.8) is 0 Å². The van der Waals surface area contributed by atoms with Crippen LogP contribution in [0, 0.1) is 5.92 Å². The molecule has 106 valence electrons. The van der Waals surface area contributed by atoms with E-state index in [9.17, 15) is 13.2 Å². The molecule has 19 heavy (non-hydrogen) atoms. The standard InChI is InChI=1S/C13H18F3N3/c14-13(15,16)12-9-18-6-8-19(10-12)7-3-11-1-4-17-5-2-11/h1-2,4-5,12,18H,3,6-10H2. The molecule has 1 fully saturated rings. The fourth-order valence-electron chi connectivity index (χ4n) is 2.24. The van der Waals surface area contributed by atoms with E-state index in [0.29, 0.717) is 19.6 Å². The quantitative estimate of drug-likeness (QED) is 0.908. The first kappa shape index (κ1) is 14.3. The van der Waals surface area contributed by atoms with Crippen LogP contribution in [0.15, 0.2) is 24.5 Å². The molecule has 2 rings (SSSR count). The van der Waals surface area contributed by atoms with Crippen molar-refractivity contribution in [2.45, 2.75) is 12.6 Å². The molecule has 0 spiro atoms. The molecule has 0 radical (unpaired) electrons. The fraction of sp³-hybridized carbons (Fsp3) is 0.615. The minimum Gasteiger partial charge on any atom is -0.315 e. The Kier molecular flexibility index (Phi) is 4.76. The van der Waals surface area contributed by atoms with E-state index in [1.54, 1.807) is 12.4 Å². The molecule has 3 nitrogen and oxygen atoms in total. The summed E-state index contributed by atoms with van der Waals surface area (Å²) in [6.45, 7) is 2.04. The van der Waals surface area contributed by atoms with Crippen LogP contribution in [0.3, 0.4) is 0 Å². The van der Waals surface area contributed by atoms with Gasteiger partial charge >= 0.3 is 6.18 Å². The average Bonchev–Trinajstić information content (AvgIpc) is 2.62. The molecule has 1 N–H and O–H groups in total. The van der Waals surface area contributed by atoms with Crippen molar-refractivity contribution < 1.29 is 13.2 Å². The first-order valence-corrected chi connectivity index (χ1v) is 6.44. The van der Waals surface area contributed by atoms with Gasteiger partial charge in [0.1, 0.15) is 0 Å². The first-order chi connectivity index (χ1) is 9.05. The van der Waals surface area contributed by atoms with Gasteiger partial charge in [-0.05, 0) is 24.1 Å². The Morgan fingerprint density at radius 3 is 2.74 bits per heavy atom. The molecule has 6 heteroatoms. The van der Waals surface area contributed by atoms with Crippen LogP contribution >= 0.6 is 0 Å². The highest BCUT2D eigenvalue weighted by molar-refractivity contribution is 5.09. The second kappa shape index (κ2) is 6.34. The Hall–Kier alpha value is -1.14. The summed E-state index contributed by atoms with van der Waals surface area (Å²) in [5.74, 6) is -1.27. The summed E-state index contributed by atoms with van der Waals surface area (Å²) < 4.78 is 38.4. The summed E-state index contributed by atoms with van der Waals surface area (Å²) in [4.78, 5) is 5.81. The van der Waals surface area contributed by atoms with Crippen molar-refractivity contribution in [1.82, 2.24) is 15.2 Å². The van der Waals surface area contributed by atoms with Crippen LogP contribution in [0.25, 0.3) is 0 Å². The van der Waals surface area contributed by atoms with E-state index in [1.165, 1.54) is 0 Å². The second-order valence-electron chi connectivity index (χ2n) is 4.85. The maximum absolute atomic E-state index is 12.8. The zero-order chi connectivity index (χ0) is 13.7. The number of alkyl halides is 3. The summed E-state index contributed by atoms with van der Waals surface area (Å²) in [5, 5.41) is 2.86. The fourth-order valence-corrected chi connectivity index (χ4v) is 2.24.